The fourth-order valence-corrected chi connectivity index (χ4v) is 2.03. The first-order valence-electron chi connectivity index (χ1n) is 4.64. The third-order valence-electron chi connectivity index (χ3n) is 2.81. The summed E-state index contributed by atoms with van der Waals surface area (Å²) in [6.07, 6.45) is 5.01. The topological polar surface area (TPSA) is 69.8 Å². The van der Waals surface area contributed by atoms with Crippen LogP contribution in [0.1, 0.15) is 5.56 Å². The molecule has 15 heavy (non-hydrogen) atoms. The minimum Gasteiger partial charge on any atom is -0.364 e. The molecule has 2 aliphatic heterocycles. The predicted octanol–water partition coefficient (Wildman–Crippen LogP) is 0.567. The molecule has 0 radical (unpaired) electrons. The van der Waals surface area contributed by atoms with Crippen LogP contribution in [0, 0.1) is 0 Å². The van der Waals surface area contributed by atoms with Gasteiger partial charge in [0.1, 0.15) is 12.3 Å². The summed E-state index contributed by atoms with van der Waals surface area (Å²) >= 11 is 0. The van der Waals surface area contributed by atoms with Crippen molar-refractivity contribution in [1.82, 2.24) is 15.1 Å². The van der Waals surface area contributed by atoms with Crippen molar-refractivity contribution in [3.63, 3.8) is 0 Å². The molecule has 6 heteroatoms. The van der Waals surface area contributed by atoms with Gasteiger partial charge in [-0.05, 0) is 5.57 Å². The van der Waals surface area contributed by atoms with Crippen molar-refractivity contribution < 1.29 is 14.5 Å². The van der Waals surface area contributed by atoms with Gasteiger partial charge in [0.2, 0.25) is 0 Å². The molecule has 1 fully saturated rings. The largest absolute Gasteiger partial charge is 0.364 e. The Morgan fingerprint density at radius 1 is 1.60 bits per heavy atom. The molecule has 0 aliphatic carbocycles. The lowest BCUT2D eigenvalue weighted by atomic mass is 9.99. The van der Waals surface area contributed by atoms with E-state index in [0.717, 1.165) is 16.2 Å². The number of hydroxylamine groups is 2. The fraction of sp³-hybridized carbons (Fsp3) is 0.333. The highest BCUT2D eigenvalue weighted by atomic mass is 16.5. The molecule has 0 spiro atoms. The number of fused-ring (bicyclic) bond motifs is 2. The molecule has 1 unspecified atom stereocenters. The number of nitrogens with zero attached hydrogens (tertiary/aromatic N) is 3. The SMILES string of the molecule is O=C1N2CC=C(c3cnoc3)C(C2)N1O. The van der Waals surface area contributed by atoms with Crippen LogP contribution in [-0.2, 0) is 0 Å². The lowest BCUT2D eigenvalue weighted by molar-refractivity contribution is -0.0426. The lowest BCUT2D eigenvalue weighted by Gasteiger charge is -2.20. The number of rotatable bonds is 1. The monoisotopic (exact) mass is 207 g/mol. The highest BCUT2D eigenvalue weighted by molar-refractivity contribution is 5.84. The number of hydrogen-bond acceptors (Lipinski definition) is 4. The van der Waals surface area contributed by atoms with Crippen LogP contribution >= 0.6 is 0 Å². The van der Waals surface area contributed by atoms with E-state index in [1.807, 2.05) is 6.08 Å². The van der Waals surface area contributed by atoms with E-state index in [1.54, 1.807) is 11.1 Å². The van der Waals surface area contributed by atoms with E-state index in [2.05, 4.69) is 5.16 Å². The number of hydrogen-bond donors (Lipinski definition) is 1. The summed E-state index contributed by atoms with van der Waals surface area (Å²) in [5.74, 6) is 0. The molecule has 0 saturated carbocycles. The maximum absolute atomic E-state index is 11.4. The van der Waals surface area contributed by atoms with E-state index >= 15 is 0 Å². The van der Waals surface area contributed by atoms with Gasteiger partial charge in [-0.3, -0.25) is 5.21 Å². The molecule has 1 saturated heterocycles. The quantitative estimate of drug-likeness (QED) is 0.683. The minimum atomic E-state index is -0.345. The Kier molecular flexibility index (Phi) is 1.60. The Balaban J connectivity index is 2.00. The van der Waals surface area contributed by atoms with Gasteiger partial charge >= 0.3 is 6.03 Å². The van der Waals surface area contributed by atoms with Crippen LogP contribution in [0.4, 0.5) is 4.79 Å². The average molecular weight is 207 g/mol. The van der Waals surface area contributed by atoms with Crippen molar-refractivity contribution in [2.75, 3.05) is 13.1 Å². The fourth-order valence-electron chi connectivity index (χ4n) is 2.03. The van der Waals surface area contributed by atoms with Gasteiger partial charge in [0.25, 0.3) is 0 Å². The van der Waals surface area contributed by atoms with Crippen LogP contribution in [0.2, 0.25) is 0 Å². The van der Waals surface area contributed by atoms with E-state index in [-0.39, 0.29) is 12.1 Å². The van der Waals surface area contributed by atoms with Crippen molar-refractivity contribution in [3.8, 4) is 0 Å². The van der Waals surface area contributed by atoms with E-state index in [1.165, 1.54) is 6.26 Å². The van der Waals surface area contributed by atoms with E-state index in [0.29, 0.717) is 13.1 Å². The van der Waals surface area contributed by atoms with Gasteiger partial charge in [0.05, 0.1) is 12.7 Å². The second kappa shape index (κ2) is 2.83. The summed E-state index contributed by atoms with van der Waals surface area (Å²) in [5.41, 5.74) is 1.70. The van der Waals surface area contributed by atoms with Crippen LogP contribution in [0.3, 0.4) is 0 Å². The first-order chi connectivity index (χ1) is 7.27. The molecule has 2 aliphatic rings. The van der Waals surface area contributed by atoms with Crippen molar-refractivity contribution in [2.45, 2.75) is 6.04 Å². The Morgan fingerprint density at radius 2 is 2.47 bits per heavy atom. The van der Waals surface area contributed by atoms with Crippen LogP contribution in [-0.4, -0.2) is 45.5 Å². The zero-order valence-electron chi connectivity index (χ0n) is 7.83. The number of carbonyl (C=O) groups excluding carboxylic acids is 1. The van der Waals surface area contributed by atoms with Crippen molar-refractivity contribution in [1.29, 1.82) is 0 Å². The van der Waals surface area contributed by atoms with Crippen LogP contribution < -0.4 is 0 Å². The first-order valence-corrected chi connectivity index (χ1v) is 4.64. The maximum atomic E-state index is 11.4. The molecular formula is C9H9N3O3. The molecule has 3 rings (SSSR count). The molecular weight excluding hydrogens is 198 g/mol. The summed E-state index contributed by atoms with van der Waals surface area (Å²) in [6, 6.07) is -0.645. The van der Waals surface area contributed by atoms with Gasteiger partial charge in [-0.25, -0.2) is 4.79 Å². The van der Waals surface area contributed by atoms with E-state index in [4.69, 9.17) is 4.52 Å². The second-order valence-corrected chi connectivity index (χ2v) is 3.62. The molecule has 1 atom stereocenters. The molecule has 1 N–H and O–H groups in total. The highest BCUT2D eigenvalue weighted by Gasteiger charge is 2.41. The number of aromatic nitrogens is 1. The Bertz CT molecular complexity index is 426. The third kappa shape index (κ3) is 1.08. The smallest absolute Gasteiger partial charge is 0.344 e. The first kappa shape index (κ1) is 8.49. The maximum Gasteiger partial charge on any atom is 0.344 e. The predicted molar refractivity (Wildman–Crippen MR) is 48.9 cm³/mol. The van der Waals surface area contributed by atoms with Gasteiger partial charge in [0.15, 0.2) is 0 Å². The van der Waals surface area contributed by atoms with Gasteiger partial charge in [-0.15, -0.1) is 0 Å². The second-order valence-electron chi connectivity index (χ2n) is 3.62. The van der Waals surface area contributed by atoms with E-state index < -0.39 is 0 Å². The van der Waals surface area contributed by atoms with Gasteiger partial charge in [0, 0.05) is 12.1 Å². The van der Waals surface area contributed by atoms with Gasteiger partial charge < -0.3 is 9.42 Å². The van der Waals surface area contributed by atoms with Crippen molar-refractivity contribution >= 4 is 11.6 Å². The lowest BCUT2D eigenvalue weighted by Crippen LogP contribution is -2.30. The number of amides is 2. The zero-order valence-corrected chi connectivity index (χ0v) is 7.83. The van der Waals surface area contributed by atoms with Gasteiger partial charge in [-0.2, -0.15) is 5.06 Å². The van der Waals surface area contributed by atoms with Crippen LogP contribution in [0.15, 0.2) is 23.1 Å². The third-order valence-corrected chi connectivity index (χ3v) is 2.81. The zero-order chi connectivity index (χ0) is 10.4. The summed E-state index contributed by atoms with van der Waals surface area (Å²) in [6.45, 7) is 1.04. The van der Waals surface area contributed by atoms with Crippen molar-refractivity contribution in [3.05, 3.63) is 24.1 Å². The van der Waals surface area contributed by atoms with Crippen LogP contribution in [0.25, 0.3) is 5.57 Å². The van der Waals surface area contributed by atoms with Crippen molar-refractivity contribution in [2.24, 2.45) is 0 Å². The molecule has 0 aromatic carbocycles. The summed E-state index contributed by atoms with van der Waals surface area (Å²) in [7, 11) is 0. The molecule has 1 aromatic heterocycles. The Morgan fingerprint density at radius 3 is 3.20 bits per heavy atom. The normalized spacial score (nSPS) is 24.7. The number of carbonyl (C=O) groups is 1. The molecule has 1 aromatic rings. The molecule has 78 valence electrons. The summed E-state index contributed by atoms with van der Waals surface area (Å²) in [4.78, 5) is 13.0. The van der Waals surface area contributed by atoms with Gasteiger partial charge in [-0.1, -0.05) is 11.2 Å². The Labute approximate surface area is 85.3 Å². The summed E-state index contributed by atoms with van der Waals surface area (Å²) in [5, 5.41) is 14.0. The molecule has 3 heterocycles. The molecule has 2 bridgehead atoms. The Hall–Kier alpha value is -1.82. The molecule has 6 nitrogen and oxygen atoms in total. The van der Waals surface area contributed by atoms with Crippen LogP contribution in [0.5, 0.6) is 0 Å². The average Bonchev–Trinajstić information content (AvgIpc) is 2.85. The van der Waals surface area contributed by atoms with E-state index in [9.17, 15) is 10.0 Å². The molecule has 2 amide bonds. The summed E-state index contributed by atoms with van der Waals surface area (Å²) < 4.78 is 4.75. The number of urea groups is 1. The minimum absolute atomic E-state index is 0.300. The standard InChI is InChI=1S/C9H9N3O3/c13-9-11-2-1-7(6-3-10-15-5-6)8(4-11)12(9)14/h1,3,5,8,14H,2,4H2. The highest BCUT2D eigenvalue weighted by Crippen LogP contribution is 2.30.